The standard InChI is InChI=1S/Hf.H3O4P/c;1-5(2,3)4/h;(H3,1,2,3,4)/q+2;/p-2. The fourth-order valence-electron chi connectivity index (χ4n) is 0. The molecule has 0 aliphatic carbocycles. The first-order chi connectivity index (χ1) is 2.00. The third kappa shape index (κ3) is 82.1. The molecule has 1 N–H and O–H groups in total. The molecule has 0 heterocycles. The summed E-state index contributed by atoms with van der Waals surface area (Å²) in [6.07, 6.45) is 0. The topological polar surface area (TPSA) is 83.4 Å². The van der Waals surface area contributed by atoms with Gasteiger partial charge in [-0.1, -0.05) is 0 Å². The molecule has 0 aliphatic heterocycles. The van der Waals surface area contributed by atoms with Crippen molar-refractivity contribution in [2.24, 2.45) is 0 Å². The molecule has 0 amide bonds. The van der Waals surface area contributed by atoms with Crippen LogP contribution in [0.1, 0.15) is 0 Å². The molecule has 0 aliphatic rings. The van der Waals surface area contributed by atoms with E-state index in [0.717, 1.165) is 0 Å². The zero-order chi connectivity index (χ0) is 4.50. The molecule has 0 radical (unpaired) electrons. The van der Waals surface area contributed by atoms with Crippen LogP contribution in [0.2, 0.25) is 0 Å². The van der Waals surface area contributed by atoms with Crippen LogP contribution in [0.15, 0.2) is 0 Å². The first-order valence-corrected chi connectivity index (χ1v) is 2.24. The largest absolute Gasteiger partial charge is 2.00 e. The van der Waals surface area contributed by atoms with E-state index in [2.05, 4.69) is 0 Å². The van der Waals surface area contributed by atoms with Crippen LogP contribution in [0.25, 0.3) is 0 Å². The van der Waals surface area contributed by atoms with Gasteiger partial charge >= 0.3 is 25.8 Å². The Balaban J connectivity index is 0. The van der Waals surface area contributed by atoms with Gasteiger partial charge in [-0.3, -0.25) is 0 Å². The summed E-state index contributed by atoms with van der Waals surface area (Å²) in [5.41, 5.74) is 0. The van der Waals surface area contributed by atoms with Gasteiger partial charge in [0.25, 0.3) is 0 Å². The molecule has 0 atom stereocenters. The van der Waals surface area contributed by atoms with Crippen molar-refractivity contribution in [2.75, 3.05) is 0 Å². The van der Waals surface area contributed by atoms with E-state index in [1.54, 1.807) is 0 Å². The van der Waals surface area contributed by atoms with E-state index in [-0.39, 0.29) is 25.8 Å². The van der Waals surface area contributed by atoms with Crippen LogP contribution in [0, 0.1) is 0 Å². The van der Waals surface area contributed by atoms with Crippen molar-refractivity contribution in [3.8, 4) is 0 Å². The average molecular weight is 274 g/mol. The van der Waals surface area contributed by atoms with Gasteiger partial charge in [0.05, 0.1) is 7.82 Å². The molecule has 0 aromatic carbocycles. The maximum absolute atomic E-state index is 8.66. The summed E-state index contributed by atoms with van der Waals surface area (Å²) in [7, 11) is -5.14. The summed E-state index contributed by atoms with van der Waals surface area (Å²) in [6, 6.07) is 0. The summed E-state index contributed by atoms with van der Waals surface area (Å²) >= 11 is 0. The minimum Gasteiger partial charge on any atom is -0.790 e. The third-order valence-corrected chi connectivity index (χ3v) is 0. The molecule has 0 spiro atoms. The first-order valence-electron chi connectivity index (χ1n) is 0.748. The summed E-state index contributed by atoms with van der Waals surface area (Å²) in [5, 5.41) is 0. The molecule has 6 heavy (non-hydrogen) atoms. The van der Waals surface area contributed by atoms with Crippen LogP contribution in [0.3, 0.4) is 0 Å². The SMILES string of the molecule is O=P([O-])([O-])O.[Hf+2]. The molecule has 4 nitrogen and oxygen atoms in total. The van der Waals surface area contributed by atoms with E-state index in [0.29, 0.717) is 0 Å². The predicted molar refractivity (Wildman–Crippen MR) is 9.83 cm³/mol. The third-order valence-electron chi connectivity index (χ3n) is 0. The Labute approximate surface area is 53.2 Å². The van der Waals surface area contributed by atoms with Gasteiger partial charge in [-0.25, -0.2) is 0 Å². The Hall–Kier alpha value is 0.980. The zero-order valence-corrected chi connectivity index (χ0v) is 7.11. The number of hydrogen-bond donors (Lipinski definition) is 1. The van der Waals surface area contributed by atoms with Crippen LogP contribution in [0.5, 0.6) is 0 Å². The Kier molecular flexibility index (Phi) is 5.11. The molecule has 0 bridgehead atoms. The molecular formula is HHfO4P. The van der Waals surface area contributed by atoms with Gasteiger partial charge in [-0.05, 0) is 0 Å². The van der Waals surface area contributed by atoms with Gasteiger partial charge in [-0.2, -0.15) is 0 Å². The van der Waals surface area contributed by atoms with E-state index in [1.807, 2.05) is 0 Å². The summed E-state index contributed by atoms with van der Waals surface area (Å²) in [5.74, 6) is 0. The maximum atomic E-state index is 8.66. The van der Waals surface area contributed by atoms with Crippen molar-refractivity contribution >= 4 is 7.82 Å². The smallest absolute Gasteiger partial charge is 0.790 e. The van der Waals surface area contributed by atoms with E-state index >= 15 is 0 Å². The predicted octanol–water partition coefficient (Wildman–Crippen LogP) is -2.20. The second-order valence-electron chi connectivity index (χ2n) is 0.469. The fourth-order valence-corrected chi connectivity index (χ4v) is 0. The average Bonchev–Trinajstić information content (AvgIpc) is 0.722. The molecule has 34 valence electrons. The molecule has 0 rings (SSSR count). The van der Waals surface area contributed by atoms with E-state index in [9.17, 15) is 0 Å². The van der Waals surface area contributed by atoms with Gasteiger partial charge < -0.3 is 19.2 Å². The van der Waals surface area contributed by atoms with Gasteiger partial charge in [-0.15, -0.1) is 0 Å². The van der Waals surface area contributed by atoms with E-state index in [4.69, 9.17) is 19.2 Å². The Morgan fingerprint density at radius 3 is 1.50 bits per heavy atom. The Bertz CT molecular complexity index is 53.7. The van der Waals surface area contributed by atoms with Crippen LogP contribution in [0.4, 0.5) is 0 Å². The molecular weight excluding hydrogens is 273 g/mol. The van der Waals surface area contributed by atoms with Crippen LogP contribution in [-0.4, -0.2) is 4.89 Å². The Morgan fingerprint density at radius 1 is 1.50 bits per heavy atom. The molecule has 6 heteroatoms. The number of rotatable bonds is 0. The zero-order valence-electron chi connectivity index (χ0n) is 2.62. The van der Waals surface area contributed by atoms with Gasteiger partial charge in [0.1, 0.15) is 0 Å². The summed E-state index contributed by atoms with van der Waals surface area (Å²) < 4.78 is 8.66. The van der Waals surface area contributed by atoms with Gasteiger partial charge in [0.2, 0.25) is 0 Å². The van der Waals surface area contributed by atoms with Crippen molar-refractivity contribution in [2.45, 2.75) is 0 Å². The van der Waals surface area contributed by atoms with Crippen LogP contribution in [-0.2, 0) is 30.4 Å². The van der Waals surface area contributed by atoms with E-state index < -0.39 is 7.82 Å². The van der Waals surface area contributed by atoms with Gasteiger partial charge in [0, 0.05) is 0 Å². The number of hydrogen-bond acceptors (Lipinski definition) is 3. The molecule has 0 saturated carbocycles. The monoisotopic (exact) mass is 276 g/mol. The summed E-state index contributed by atoms with van der Waals surface area (Å²) in [6.45, 7) is 0. The molecule has 0 fully saturated rings. The van der Waals surface area contributed by atoms with Crippen molar-refractivity contribution < 1.29 is 45.1 Å². The maximum Gasteiger partial charge on any atom is 2.00 e. The van der Waals surface area contributed by atoms with E-state index in [1.165, 1.54) is 0 Å². The van der Waals surface area contributed by atoms with Crippen LogP contribution >= 0.6 is 7.82 Å². The quantitative estimate of drug-likeness (QED) is 0.402. The van der Waals surface area contributed by atoms with Crippen LogP contribution < -0.4 is 9.79 Å². The fraction of sp³-hybridized carbons (Fsp3) is 0. The van der Waals surface area contributed by atoms with Crippen molar-refractivity contribution in [3.05, 3.63) is 0 Å². The number of phosphoric acid groups is 1. The minimum atomic E-state index is -5.14. The second kappa shape index (κ2) is 3.04. The van der Waals surface area contributed by atoms with Crippen molar-refractivity contribution in [1.82, 2.24) is 0 Å². The minimum absolute atomic E-state index is 0. The second-order valence-corrected chi connectivity index (χ2v) is 1.41. The summed E-state index contributed by atoms with van der Waals surface area (Å²) in [4.78, 5) is 24.3. The normalized spacial score (nSPS) is 9.83. The van der Waals surface area contributed by atoms with Crippen molar-refractivity contribution in [3.63, 3.8) is 0 Å². The molecule has 0 aromatic rings. The van der Waals surface area contributed by atoms with Gasteiger partial charge in [0.15, 0.2) is 0 Å². The first kappa shape index (κ1) is 10.1. The molecule has 0 aromatic heterocycles. The van der Waals surface area contributed by atoms with Crippen molar-refractivity contribution in [1.29, 1.82) is 0 Å². The molecule has 0 unspecified atom stereocenters. The molecule has 0 saturated heterocycles. The Morgan fingerprint density at radius 2 is 1.50 bits per heavy atom.